The third kappa shape index (κ3) is 72.4. The first-order valence-corrected chi connectivity index (χ1v) is 44.1. The third-order valence-corrected chi connectivity index (χ3v) is 20.4. The molecule has 582 valence electrons. The molecular weight excluding hydrogens is 1280 g/mol. The molecule has 0 amide bonds. The summed E-state index contributed by atoms with van der Waals surface area (Å²) in [4.78, 5) is 72.9. The van der Waals surface area contributed by atoms with E-state index in [2.05, 4.69) is 34.6 Å². The Kier molecular flexibility index (Phi) is 70.6. The molecule has 3 N–H and O–H groups in total. The molecule has 0 aliphatic carbocycles. The fourth-order valence-corrected chi connectivity index (χ4v) is 13.8. The standard InChI is InChI=1S/C79H154O17P2/c1-6-9-12-15-18-21-24-26-28-30-31-32-34-36-38-40-43-49-54-59-64-78(83)95-74(68-90-77(82)63-58-53-48-42-39-37-35-33-29-27-25-22-19-16-13-10-7-2)70-93-97(85,86)91-66-73(80)67-92-98(87,88)94-71-75(69-89-76(81)62-57-52-47-41-23-20-17-14-11-8-3)96-79(84)65-60-55-50-45-44-46-51-56-61-72(4)5/h72-75,80H,6-71H2,1-5H3,(H,85,86)(H,87,88)/t73-,74-,75-/m1/s1. The number of phosphoric ester groups is 2. The molecule has 0 aromatic heterocycles. The highest BCUT2D eigenvalue weighted by Gasteiger charge is 2.30. The SMILES string of the molecule is CCCCCCCCCCCCCCCCCCCCCCC(=O)O[C@H](COC(=O)CCCCCCCCCCCCCCCCCCC)COP(=O)(O)OC[C@@H](O)COP(=O)(O)OC[C@@H](COC(=O)CCCCCCCCCCCC)OC(=O)CCCCCCCCCCC(C)C. The quantitative estimate of drug-likeness (QED) is 0.0222. The molecule has 0 spiro atoms. The average molecular weight is 1440 g/mol. The molecule has 0 aliphatic rings. The lowest BCUT2D eigenvalue weighted by molar-refractivity contribution is -0.161. The largest absolute Gasteiger partial charge is 0.472 e. The minimum absolute atomic E-state index is 0.105. The van der Waals surface area contributed by atoms with Crippen molar-refractivity contribution in [2.45, 2.75) is 438 Å². The molecule has 2 unspecified atom stereocenters. The van der Waals surface area contributed by atoms with E-state index in [0.717, 1.165) is 95.8 Å². The Labute approximate surface area is 600 Å². The minimum Gasteiger partial charge on any atom is -0.462 e. The van der Waals surface area contributed by atoms with Gasteiger partial charge in [-0.15, -0.1) is 0 Å². The lowest BCUT2D eigenvalue weighted by Gasteiger charge is -2.21. The second-order valence-electron chi connectivity index (χ2n) is 28.9. The van der Waals surface area contributed by atoms with Crippen LogP contribution in [0.15, 0.2) is 0 Å². The summed E-state index contributed by atoms with van der Waals surface area (Å²) < 4.78 is 68.6. The molecule has 0 saturated carbocycles. The Hall–Kier alpha value is -1.94. The van der Waals surface area contributed by atoms with Gasteiger partial charge in [0.2, 0.25) is 0 Å². The summed E-state index contributed by atoms with van der Waals surface area (Å²) >= 11 is 0. The van der Waals surface area contributed by atoms with Crippen LogP contribution in [0.25, 0.3) is 0 Å². The van der Waals surface area contributed by atoms with E-state index in [9.17, 15) is 43.2 Å². The third-order valence-electron chi connectivity index (χ3n) is 18.5. The molecule has 0 radical (unpaired) electrons. The van der Waals surface area contributed by atoms with Gasteiger partial charge in [0.05, 0.1) is 26.4 Å². The van der Waals surface area contributed by atoms with Crippen LogP contribution in [-0.4, -0.2) is 96.7 Å². The molecule has 0 rings (SSSR count). The van der Waals surface area contributed by atoms with Gasteiger partial charge in [-0.1, -0.05) is 369 Å². The summed E-state index contributed by atoms with van der Waals surface area (Å²) in [7, 11) is -9.91. The first-order chi connectivity index (χ1) is 47.5. The topological polar surface area (TPSA) is 237 Å². The van der Waals surface area contributed by atoms with Crippen LogP contribution in [0.4, 0.5) is 0 Å². The molecule has 0 saturated heterocycles. The highest BCUT2D eigenvalue weighted by molar-refractivity contribution is 7.47. The number of aliphatic hydroxyl groups excluding tert-OH is 1. The maximum absolute atomic E-state index is 13.1. The molecular formula is C79H154O17P2. The van der Waals surface area contributed by atoms with Crippen LogP contribution in [0.3, 0.4) is 0 Å². The monoisotopic (exact) mass is 1440 g/mol. The number of esters is 4. The van der Waals surface area contributed by atoms with E-state index in [1.807, 2.05) is 0 Å². The Morgan fingerprint density at radius 3 is 0.694 bits per heavy atom. The molecule has 0 aromatic rings. The van der Waals surface area contributed by atoms with E-state index < -0.39 is 97.5 Å². The van der Waals surface area contributed by atoms with Crippen molar-refractivity contribution in [1.82, 2.24) is 0 Å². The maximum Gasteiger partial charge on any atom is 0.472 e. The van der Waals surface area contributed by atoms with Crippen LogP contribution < -0.4 is 0 Å². The van der Waals surface area contributed by atoms with Crippen LogP contribution >= 0.6 is 15.6 Å². The van der Waals surface area contributed by atoms with Crippen molar-refractivity contribution in [3.63, 3.8) is 0 Å². The second kappa shape index (κ2) is 72.0. The number of unbranched alkanes of at least 4 members (excludes halogenated alkanes) is 51. The van der Waals surface area contributed by atoms with E-state index in [-0.39, 0.29) is 25.7 Å². The van der Waals surface area contributed by atoms with Crippen molar-refractivity contribution in [2.24, 2.45) is 5.92 Å². The van der Waals surface area contributed by atoms with Gasteiger partial charge in [-0.2, -0.15) is 0 Å². The van der Waals surface area contributed by atoms with Crippen molar-refractivity contribution in [2.75, 3.05) is 39.6 Å². The number of hydrogen-bond donors (Lipinski definition) is 3. The minimum atomic E-state index is -4.96. The number of carbonyl (C=O) groups is 4. The summed E-state index contributed by atoms with van der Waals surface area (Å²) in [6.45, 7) is 7.26. The van der Waals surface area contributed by atoms with E-state index in [1.54, 1.807) is 0 Å². The Morgan fingerprint density at radius 1 is 0.276 bits per heavy atom. The first-order valence-electron chi connectivity index (χ1n) is 41.1. The summed E-state index contributed by atoms with van der Waals surface area (Å²) in [5, 5.41) is 10.6. The molecule has 0 bridgehead atoms. The van der Waals surface area contributed by atoms with Gasteiger partial charge in [0.1, 0.15) is 19.3 Å². The van der Waals surface area contributed by atoms with Crippen LogP contribution in [0.2, 0.25) is 0 Å². The fraction of sp³-hybridized carbons (Fsp3) is 0.949. The summed E-state index contributed by atoms with van der Waals surface area (Å²) in [5.41, 5.74) is 0. The number of carbonyl (C=O) groups excluding carboxylic acids is 4. The van der Waals surface area contributed by atoms with Gasteiger partial charge in [-0.25, -0.2) is 9.13 Å². The molecule has 0 fully saturated rings. The zero-order valence-electron chi connectivity index (χ0n) is 63.9. The van der Waals surface area contributed by atoms with Crippen LogP contribution in [0.1, 0.15) is 420 Å². The van der Waals surface area contributed by atoms with Gasteiger partial charge in [0.25, 0.3) is 0 Å². The Balaban J connectivity index is 5.21. The normalized spacial score (nSPS) is 13.9. The van der Waals surface area contributed by atoms with Gasteiger partial charge in [0.15, 0.2) is 12.2 Å². The van der Waals surface area contributed by atoms with Crippen molar-refractivity contribution in [1.29, 1.82) is 0 Å². The Morgan fingerprint density at radius 2 is 0.469 bits per heavy atom. The average Bonchev–Trinajstić information content (AvgIpc) is 0.932. The summed E-state index contributed by atoms with van der Waals surface area (Å²) in [6, 6.07) is 0. The number of hydrogen-bond acceptors (Lipinski definition) is 15. The van der Waals surface area contributed by atoms with Crippen molar-refractivity contribution in [3.05, 3.63) is 0 Å². The summed E-state index contributed by atoms with van der Waals surface area (Å²) in [6.07, 6.45) is 62.6. The van der Waals surface area contributed by atoms with E-state index in [1.165, 1.54) is 244 Å². The molecule has 0 aliphatic heterocycles. The summed E-state index contributed by atoms with van der Waals surface area (Å²) in [5.74, 6) is -1.39. The molecule has 5 atom stereocenters. The molecule has 0 aromatic carbocycles. The second-order valence-corrected chi connectivity index (χ2v) is 31.8. The van der Waals surface area contributed by atoms with Gasteiger partial charge < -0.3 is 33.8 Å². The fourth-order valence-electron chi connectivity index (χ4n) is 12.2. The molecule has 98 heavy (non-hydrogen) atoms. The predicted octanol–water partition coefficient (Wildman–Crippen LogP) is 23.6. The first kappa shape index (κ1) is 96.1. The molecule has 0 heterocycles. The van der Waals surface area contributed by atoms with E-state index >= 15 is 0 Å². The van der Waals surface area contributed by atoms with Gasteiger partial charge in [0, 0.05) is 25.7 Å². The van der Waals surface area contributed by atoms with E-state index in [4.69, 9.17) is 37.0 Å². The highest BCUT2D eigenvalue weighted by atomic mass is 31.2. The number of ether oxygens (including phenoxy) is 4. The van der Waals surface area contributed by atoms with Crippen LogP contribution in [0, 0.1) is 5.92 Å². The van der Waals surface area contributed by atoms with Gasteiger partial charge in [-0.05, 0) is 31.6 Å². The van der Waals surface area contributed by atoms with Crippen molar-refractivity contribution in [3.8, 4) is 0 Å². The zero-order chi connectivity index (χ0) is 71.9. The number of aliphatic hydroxyl groups is 1. The number of rotatable bonds is 79. The van der Waals surface area contributed by atoms with E-state index in [0.29, 0.717) is 25.7 Å². The van der Waals surface area contributed by atoms with Crippen LogP contribution in [0.5, 0.6) is 0 Å². The molecule has 17 nitrogen and oxygen atoms in total. The molecule has 19 heteroatoms. The Bertz CT molecular complexity index is 1870. The van der Waals surface area contributed by atoms with Crippen molar-refractivity contribution >= 4 is 39.5 Å². The smallest absolute Gasteiger partial charge is 0.462 e. The van der Waals surface area contributed by atoms with Crippen LogP contribution in [-0.2, 0) is 65.4 Å². The van der Waals surface area contributed by atoms with Crippen molar-refractivity contribution < 1.29 is 80.2 Å². The van der Waals surface area contributed by atoms with Gasteiger partial charge >= 0.3 is 39.5 Å². The lowest BCUT2D eigenvalue weighted by Crippen LogP contribution is -2.30. The predicted molar refractivity (Wildman–Crippen MR) is 400 cm³/mol. The maximum atomic E-state index is 13.1. The zero-order valence-corrected chi connectivity index (χ0v) is 65.7. The lowest BCUT2D eigenvalue weighted by atomic mass is 10.0. The highest BCUT2D eigenvalue weighted by Crippen LogP contribution is 2.45. The van der Waals surface area contributed by atoms with Gasteiger partial charge in [-0.3, -0.25) is 37.3 Å². The number of phosphoric acid groups is 2.